The third-order valence-corrected chi connectivity index (χ3v) is 4.91. The molecule has 1 amide bonds. The number of pyridine rings is 1. The van der Waals surface area contributed by atoms with Gasteiger partial charge in [0.1, 0.15) is 5.82 Å². The van der Waals surface area contributed by atoms with Crippen LogP contribution in [-0.4, -0.2) is 40.8 Å². The fourth-order valence-electron chi connectivity index (χ4n) is 2.72. The van der Waals surface area contributed by atoms with Crippen molar-refractivity contribution < 1.29 is 23.8 Å². The zero-order chi connectivity index (χ0) is 21.7. The Bertz CT molecular complexity index is 949. The number of hydrogen-bond donors (Lipinski definition) is 1. The number of hydrogen-bond acceptors (Lipinski definition) is 8. The van der Waals surface area contributed by atoms with E-state index in [1.165, 1.54) is 11.9 Å². The Morgan fingerprint density at radius 3 is 2.50 bits per heavy atom. The summed E-state index contributed by atoms with van der Waals surface area (Å²) < 4.78 is 17.8. The highest BCUT2D eigenvalue weighted by Crippen LogP contribution is 2.41. The summed E-state index contributed by atoms with van der Waals surface area (Å²) in [6.07, 6.45) is -0.550. The van der Waals surface area contributed by atoms with Gasteiger partial charge in [0.25, 0.3) is 5.91 Å². The van der Waals surface area contributed by atoms with Crippen LogP contribution in [0.25, 0.3) is 5.76 Å². The summed E-state index contributed by atoms with van der Waals surface area (Å²) in [5, 5.41) is 2.77. The quantitative estimate of drug-likeness (QED) is 0.414. The first kappa shape index (κ1) is 21.5. The molecule has 2 heterocycles. The number of ether oxygens (including phenoxy) is 3. The van der Waals surface area contributed by atoms with Crippen LogP contribution in [0, 0.1) is 0 Å². The number of carbonyl (C=O) groups excluding carboxylic acids is 2. The van der Waals surface area contributed by atoms with Crippen LogP contribution in [0.5, 0.6) is 0 Å². The smallest absolute Gasteiger partial charge is 0.452 e. The Balaban J connectivity index is 1.91. The molecule has 0 bridgehead atoms. The molecule has 0 saturated carbocycles. The topological polar surface area (TPSA) is 90.0 Å². The van der Waals surface area contributed by atoms with E-state index in [2.05, 4.69) is 10.3 Å². The molecule has 1 aliphatic rings. The van der Waals surface area contributed by atoms with Gasteiger partial charge < -0.3 is 23.8 Å². The first-order valence-corrected chi connectivity index (χ1v) is 10.1. The van der Waals surface area contributed by atoms with Crippen LogP contribution in [0.2, 0.25) is 0 Å². The number of benzene rings is 1. The summed E-state index contributed by atoms with van der Waals surface area (Å²) in [5.41, 5.74) is 0.997. The molecular formula is C21H23N3O5S. The van der Waals surface area contributed by atoms with Gasteiger partial charge in [-0.05, 0) is 50.1 Å². The van der Waals surface area contributed by atoms with Gasteiger partial charge in [-0.2, -0.15) is 0 Å². The van der Waals surface area contributed by atoms with Crippen molar-refractivity contribution in [3.05, 3.63) is 59.9 Å². The maximum Gasteiger partial charge on any atom is 0.511 e. The molecule has 0 spiro atoms. The Labute approximate surface area is 179 Å². The molecule has 9 heteroatoms. The average Bonchev–Trinajstić information content (AvgIpc) is 2.67. The highest BCUT2D eigenvalue weighted by Gasteiger charge is 2.31. The van der Waals surface area contributed by atoms with E-state index in [1.807, 2.05) is 24.3 Å². The molecule has 0 aliphatic carbocycles. The lowest BCUT2D eigenvalue weighted by atomic mass is 10.1. The molecule has 8 nitrogen and oxygen atoms in total. The number of likely N-dealkylation sites (N-methyl/N-ethyl adjacent to an activating group) is 1. The Hall–Kier alpha value is -3.20. The molecule has 1 aromatic heterocycles. The SMILES string of the molecule is CC(C)OC(=O)OC(C)OC1=C(C(=O)Nc2ccccn2)N(C)Sc2ccccc21. The van der Waals surface area contributed by atoms with Crippen molar-refractivity contribution in [3.63, 3.8) is 0 Å². The lowest BCUT2D eigenvalue weighted by Crippen LogP contribution is -2.30. The largest absolute Gasteiger partial charge is 0.511 e. The molecule has 0 saturated heterocycles. The van der Waals surface area contributed by atoms with Crippen molar-refractivity contribution in [1.29, 1.82) is 0 Å². The fraction of sp³-hybridized carbons (Fsp3) is 0.286. The average molecular weight is 429 g/mol. The highest BCUT2D eigenvalue weighted by atomic mass is 32.2. The fourth-order valence-corrected chi connectivity index (χ4v) is 3.67. The number of fused-ring (bicyclic) bond motifs is 1. The zero-order valence-electron chi connectivity index (χ0n) is 17.1. The van der Waals surface area contributed by atoms with E-state index < -0.39 is 18.4 Å². The summed E-state index contributed by atoms with van der Waals surface area (Å²) in [7, 11) is 1.76. The second-order valence-electron chi connectivity index (χ2n) is 6.65. The second kappa shape index (κ2) is 9.53. The van der Waals surface area contributed by atoms with Crippen LogP contribution >= 0.6 is 11.9 Å². The van der Waals surface area contributed by atoms with Crippen LogP contribution in [-0.2, 0) is 19.0 Å². The Morgan fingerprint density at radius 1 is 1.07 bits per heavy atom. The van der Waals surface area contributed by atoms with Crippen LogP contribution < -0.4 is 5.32 Å². The van der Waals surface area contributed by atoms with E-state index in [9.17, 15) is 9.59 Å². The molecule has 0 radical (unpaired) electrons. The predicted molar refractivity (Wildman–Crippen MR) is 113 cm³/mol. The normalized spacial score (nSPS) is 14.1. The van der Waals surface area contributed by atoms with Crippen LogP contribution in [0.4, 0.5) is 10.6 Å². The first-order valence-electron chi connectivity index (χ1n) is 9.37. The molecule has 1 N–H and O–H groups in total. The molecule has 3 rings (SSSR count). The van der Waals surface area contributed by atoms with Gasteiger partial charge in [0.2, 0.25) is 6.29 Å². The van der Waals surface area contributed by atoms with E-state index >= 15 is 0 Å². The number of anilines is 1. The number of aromatic nitrogens is 1. The van der Waals surface area contributed by atoms with Gasteiger partial charge in [-0.3, -0.25) is 4.79 Å². The Morgan fingerprint density at radius 2 is 1.80 bits per heavy atom. The standard InChI is InChI=1S/C21H23N3O5S/c1-13(2)27-21(26)29-14(3)28-19-15-9-5-6-10-16(15)30-24(4)18(19)20(25)23-17-11-7-8-12-22-17/h5-14H,1-4H3,(H,22,23,25). The maximum atomic E-state index is 13.1. The molecule has 0 fully saturated rings. The van der Waals surface area contributed by atoms with E-state index in [0.717, 1.165) is 10.5 Å². The van der Waals surface area contributed by atoms with Crippen molar-refractivity contribution in [2.75, 3.05) is 12.4 Å². The highest BCUT2D eigenvalue weighted by molar-refractivity contribution is 7.97. The summed E-state index contributed by atoms with van der Waals surface area (Å²) in [6.45, 7) is 5.01. The maximum absolute atomic E-state index is 13.1. The summed E-state index contributed by atoms with van der Waals surface area (Å²) in [4.78, 5) is 29.9. The molecule has 30 heavy (non-hydrogen) atoms. The summed E-state index contributed by atoms with van der Waals surface area (Å²) in [6, 6.07) is 12.7. The third kappa shape index (κ3) is 5.24. The minimum absolute atomic E-state index is 0.275. The third-order valence-electron chi connectivity index (χ3n) is 3.90. The van der Waals surface area contributed by atoms with Gasteiger partial charge in [0, 0.05) is 30.6 Å². The molecule has 1 aliphatic heterocycles. The van der Waals surface area contributed by atoms with Gasteiger partial charge in [0.15, 0.2) is 11.5 Å². The summed E-state index contributed by atoms with van der Waals surface area (Å²) >= 11 is 1.39. The lowest BCUT2D eigenvalue weighted by Gasteiger charge is -2.30. The Kier molecular flexibility index (Phi) is 6.83. The molecule has 1 aromatic carbocycles. The number of rotatable bonds is 6. The number of nitrogens with zero attached hydrogens (tertiary/aromatic N) is 2. The van der Waals surface area contributed by atoms with Gasteiger partial charge in [0.05, 0.1) is 6.10 Å². The summed E-state index contributed by atoms with van der Waals surface area (Å²) in [5.74, 6) is 0.312. The van der Waals surface area contributed by atoms with Crippen molar-refractivity contribution >= 4 is 35.6 Å². The molecule has 2 aromatic rings. The minimum Gasteiger partial charge on any atom is -0.452 e. The van der Waals surface area contributed by atoms with Crippen molar-refractivity contribution in [2.24, 2.45) is 0 Å². The monoisotopic (exact) mass is 429 g/mol. The first-order chi connectivity index (χ1) is 14.3. The second-order valence-corrected chi connectivity index (χ2v) is 7.82. The zero-order valence-corrected chi connectivity index (χ0v) is 17.9. The van der Waals surface area contributed by atoms with E-state index in [-0.39, 0.29) is 11.8 Å². The predicted octanol–water partition coefficient (Wildman–Crippen LogP) is 4.27. The lowest BCUT2D eigenvalue weighted by molar-refractivity contribution is -0.114. The van der Waals surface area contributed by atoms with Crippen LogP contribution in [0.15, 0.2) is 59.3 Å². The van der Waals surface area contributed by atoms with E-state index in [4.69, 9.17) is 14.2 Å². The number of nitrogens with one attached hydrogen (secondary N) is 1. The van der Waals surface area contributed by atoms with Crippen molar-refractivity contribution in [3.8, 4) is 0 Å². The number of carbonyl (C=O) groups is 2. The van der Waals surface area contributed by atoms with Crippen LogP contribution in [0.1, 0.15) is 26.3 Å². The van der Waals surface area contributed by atoms with Crippen LogP contribution in [0.3, 0.4) is 0 Å². The minimum atomic E-state index is -0.978. The van der Waals surface area contributed by atoms with Crippen molar-refractivity contribution in [1.82, 2.24) is 9.29 Å². The van der Waals surface area contributed by atoms with Gasteiger partial charge in [-0.25, -0.2) is 9.78 Å². The molecular weight excluding hydrogens is 406 g/mol. The number of amides is 1. The van der Waals surface area contributed by atoms with E-state index in [1.54, 1.807) is 56.5 Å². The molecule has 1 atom stereocenters. The molecule has 1 unspecified atom stereocenters. The molecule has 158 valence electrons. The van der Waals surface area contributed by atoms with Gasteiger partial charge in [-0.1, -0.05) is 18.2 Å². The van der Waals surface area contributed by atoms with Gasteiger partial charge in [-0.15, -0.1) is 0 Å². The van der Waals surface area contributed by atoms with Gasteiger partial charge >= 0.3 is 6.16 Å². The van der Waals surface area contributed by atoms with E-state index in [0.29, 0.717) is 11.6 Å². The van der Waals surface area contributed by atoms with Crippen molar-refractivity contribution in [2.45, 2.75) is 38.1 Å².